The normalized spacial score (nSPS) is 14.7. The van der Waals surface area contributed by atoms with Crippen molar-refractivity contribution in [2.75, 3.05) is 13.2 Å². The highest BCUT2D eigenvalue weighted by Gasteiger charge is 2.21. The number of hydrogen-bond donors (Lipinski definition) is 0. The molecule has 4 rings (SSSR count). The monoisotopic (exact) mass is 366 g/mol. The maximum atomic E-state index is 5.71. The van der Waals surface area contributed by atoms with Gasteiger partial charge in [0.05, 0.1) is 17.2 Å². The van der Waals surface area contributed by atoms with Crippen LogP contribution in [0.1, 0.15) is 25.5 Å². The number of rotatable bonds is 5. The van der Waals surface area contributed by atoms with Crippen LogP contribution in [0.15, 0.2) is 48.0 Å². The third kappa shape index (κ3) is 3.43. The fraction of sp³-hybridized carbons (Fsp3) is 0.263. The van der Waals surface area contributed by atoms with Crippen molar-refractivity contribution in [3.8, 4) is 26.9 Å². The highest BCUT2D eigenvalue weighted by atomic mass is 32.1. The minimum absolute atomic E-state index is 0.591. The summed E-state index contributed by atoms with van der Waals surface area (Å²) < 4.78 is 5.71. The van der Waals surface area contributed by atoms with Crippen LogP contribution in [0.4, 0.5) is 0 Å². The van der Waals surface area contributed by atoms with Crippen LogP contribution < -0.4 is 4.74 Å². The fourth-order valence-electron chi connectivity index (χ4n) is 2.60. The molecule has 0 atom stereocenters. The van der Waals surface area contributed by atoms with E-state index in [-0.39, 0.29) is 0 Å². The summed E-state index contributed by atoms with van der Waals surface area (Å²) in [6.45, 7) is 3.24. The van der Waals surface area contributed by atoms with E-state index in [1.54, 1.807) is 17.5 Å². The van der Waals surface area contributed by atoms with Crippen molar-refractivity contribution >= 4 is 17.0 Å². The lowest BCUT2D eigenvalue weighted by atomic mass is 10.1. The highest BCUT2D eigenvalue weighted by molar-refractivity contribution is 7.18. The number of fused-ring (bicyclic) bond motifs is 1. The van der Waals surface area contributed by atoms with Gasteiger partial charge in [0.2, 0.25) is 0 Å². The first-order valence-corrected chi connectivity index (χ1v) is 9.36. The lowest BCUT2D eigenvalue weighted by molar-refractivity contribution is 0.143. The summed E-state index contributed by atoms with van der Waals surface area (Å²) in [7, 11) is 0. The molecule has 0 unspecified atom stereocenters. The fourth-order valence-corrected chi connectivity index (χ4v) is 3.48. The number of ether oxygens (including phenoxy) is 1. The maximum absolute atomic E-state index is 5.71. The van der Waals surface area contributed by atoms with Gasteiger partial charge in [0.1, 0.15) is 28.8 Å². The van der Waals surface area contributed by atoms with Crippen molar-refractivity contribution in [1.29, 1.82) is 0 Å². The van der Waals surface area contributed by atoms with E-state index in [1.165, 1.54) is 0 Å². The summed E-state index contributed by atoms with van der Waals surface area (Å²) in [5.41, 5.74) is 3.44. The lowest BCUT2D eigenvalue weighted by Crippen LogP contribution is -2.18. The van der Waals surface area contributed by atoms with Crippen LogP contribution >= 0.6 is 11.3 Å². The zero-order valence-electron chi connectivity index (χ0n) is 14.4. The molecule has 3 aromatic heterocycles. The molecular weight excluding hydrogens is 348 g/mol. The molecule has 0 saturated carbocycles. The Balaban J connectivity index is 1.66. The molecule has 1 aliphatic rings. The second-order valence-electron chi connectivity index (χ2n) is 5.78. The summed E-state index contributed by atoms with van der Waals surface area (Å²) in [6, 6.07) is 7.80. The largest absolute Gasteiger partial charge is 0.491 e. The van der Waals surface area contributed by atoms with Gasteiger partial charge < -0.3 is 9.57 Å². The Morgan fingerprint density at radius 2 is 2.23 bits per heavy atom. The summed E-state index contributed by atoms with van der Waals surface area (Å²) >= 11 is 1.59. The number of pyridine rings is 2. The van der Waals surface area contributed by atoms with E-state index >= 15 is 0 Å². The minimum Gasteiger partial charge on any atom is -0.491 e. The SMILES string of the molecule is CCCO/N=C1\CCOc2ccc(-c3cnc(-c4cccnc4)s3)nc21. The minimum atomic E-state index is 0.591. The van der Waals surface area contributed by atoms with Crippen LogP contribution in [-0.2, 0) is 4.84 Å². The van der Waals surface area contributed by atoms with Crippen LogP contribution in [0.3, 0.4) is 0 Å². The smallest absolute Gasteiger partial charge is 0.147 e. The number of nitrogens with zero attached hydrogens (tertiary/aromatic N) is 4. The number of oxime groups is 1. The second-order valence-corrected chi connectivity index (χ2v) is 6.81. The molecule has 0 N–H and O–H groups in total. The Morgan fingerprint density at radius 1 is 1.27 bits per heavy atom. The Bertz CT molecular complexity index is 924. The summed E-state index contributed by atoms with van der Waals surface area (Å²) in [5.74, 6) is 0.746. The van der Waals surface area contributed by atoms with Crippen molar-refractivity contribution in [2.24, 2.45) is 5.16 Å². The quantitative estimate of drug-likeness (QED) is 0.500. The van der Waals surface area contributed by atoms with Crippen molar-refractivity contribution < 1.29 is 9.57 Å². The van der Waals surface area contributed by atoms with Gasteiger partial charge in [-0.15, -0.1) is 11.3 Å². The van der Waals surface area contributed by atoms with Crippen molar-refractivity contribution in [2.45, 2.75) is 19.8 Å². The van der Waals surface area contributed by atoms with Crippen molar-refractivity contribution in [1.82, 2.24) is 15.0 Å². The van der Waals surface area contributed by atoms with Crippen LogP contribution in [0, 0.1) is 0 Å². The first kappa shape index (κ1) is 16.7. The third-order valence-corrected chi connectivity index (χ3v) is 4.93. The summed E-state index contributed by atoms with van der Waals surface area (Å²) in [6.07, 6.45) is 7.02. The van der Waals surface area contributed by atoms with Gasteiger partial charge in [0, 0.05) is 30.6 Å². The van der Waals surface area contributed by atoms with Gasteiger partial charge in [-0.25, -0.2) is 9.97 Å². The van der Waals surface area contributed by atoms with Crippen LogP contribution in [0.5, 0.6) is 5.75 Å². The zero-order chi connectivity index (χ0) is 17.8. The van der Waals surface area contributed by atoms with Gasteiger partial charge >= 0.3 is 0 Å². The van der Waals surface area contributed by atoms with E-state index in [2.05, 4.69) is 22.0 Å². The lowest BCUT2D eigenvalue weighted by Gasteiger charge is -2.18. The molecule has 0 spiro atoms. The van der Waals surface area contributed by atoms with Gasteiger partial charge in [-0.1, -0.05) is 12.1 Å². The average Bonchev–Trinajstić information content (AvgIpc) is 3.19. The Labute approximate surface area is 155 Å². The predicted molar refractivity (Wildman–Crippen MR) is 101 cm³/mol. The molecule has 0 bridgehead atoms. The average molecular weight is 366 g/mol. The molecular formula is C19H18N4O2S. The molecule has 4 heterocycles. The standard InChI is InChI=1S/C19H18N4O2S/c1-2-9-25-23-15-7-10-24-16-6-5-14(22-18(15)16)17-12-21-19(26-17)13-4-3-8-20-11-13/h3-6,8,11-12H,2,7,9-10H2,1H3/b23-15+. The number of aromatic nitrogens is 3. The first-order valence-electron chi connectivity index (χ1n) is 8.55. The van der Waals surface area contributed by atoms with E-state index in [0.717, 1.165) is 44.7 Å². The molecule has 6 nitrogen and oxygen atoms in total. The Hall–Kier alpha value is -2.80. The van der Waals surface area contributed by atoms with Gasteiger partial charge in [-0.05, 0) is 30.7 Å². The van der Waals surface area contributed by atoms with Gasteiger partial charge in [0.25, 0.3) is 0 Å². The Morgan fingerprint density at radius 3 is 3.08 bits per heavy atom. The predicted octanol–water partition coefficient (Wildman–Crippen LogP) is 4.18. The molecule has 1 aliphatic heterocycles. The van der Waals surface area contributed by atoms with Crippen molar-refractivity contribution in [3.63, 3.8) is 0 Å². The molecule has 26 heavy (non-hydrogen) atoms. The number of thiazole rings is 1. The van der Waals surface area contributed by atoms with Gasteiger partial charge in [-0.3, -0.25) is 4.98 Å². The third-order valence-electron chi connectivity index (χ3n) is 3.86. The molecule has 7 heteroatoms. The van der Waals surface area contributed by atoms with E-state index in [9.17, 15) is 0 Å². The summed E-state index contributed by atoms with van der Waals surface area (Å²) in [5, 5.41) is 5.18. The zero-order valence-corrected chi connectivity index (χ0v) is 15.2. The molecule has 0 fully saturated rings. The Kier molecular flexibility index (Phi) is 4.88. The number of hydrogen-bond acceptors (Lipinski definition) is 7. The topological polar surface area (TPSA) is 69.5 Å². The molecule has 0 aromatic carbocycles. The van der Waals surface area contributed by atoms with Gasteiger partial charge in [0.15, 0.2) is 0 Å². The van der Waals surface area contributed by atoms with Crippen LogP contribution in [0.2, 0.25) is 0 Å². The maximum Gasteiger partial charge on any atom is 0.147 e. The summed E-state index contributed by atoms with van der Waals surface area (Å²) in [4.78, 5) is 19.8. The molecule has 0 saturated heterocycles. The van der Waals surface area contributed by atoms with Crippen LogP contribution in [-0.4, -0.2) is 33.9 Å². The first-order chi connectivity index (χ1) is 12.8. The molecule has 0 aliphatic carbocycles. The van der Waals surface area contributed by atoms with E-state index in [0.29, 0.717) is 19.6 Å². The van der Waals surface area contributed by atoms with Gasteiger partial charge in [-0.2, -0.15) is 0 Å². The molecule has 0 amide bonds. The van der Waals surface area contributed by atoms with E-state index in [1.807, 2.05) is 36.7 Å². The second kappa shape index (κ2) is 7.61. The van der Waals surface area contributed by atoms with Crippen LogP contribution in [0.25, 0.3) is 21.1 Å². The van der Waals surface area contributed by atoms with Crippen molar-refractivity contribution in [3.05, 3.63) is 48.5 Å². The van der Waals surface area contributed by atoms with E-state index in [4.69, 9.17) is 14.6 Å². The van der Waals surface area contributed by atoms with E-state index < -0.39 is 0 Å². The highest BCUT2D eigenvalue weighted by Crippen LogP contribution is 2.33. The molecule has 3 aromatic rings. The molecule has 0 radical (unpaired) electrons. The molecule has 132 valence electrons.